The molecule has 2 N–H and O–H groups in total. The van der Waals surface area contributed by atoms with Crippen LogP contribution in [-0.2, 0) is 9.53 Å². The number of rotatable bonds is 6. The Morgan fingerprint density at radius 3 is 1.59 bits per heavy atom. The molecule has 212 valence electrons. The number of hydrogen-bond acceptors (Lipinski definition) is 4. The van der Waals surface area contributed by atoms with Crippen LogP contribution in [0.5, 0.6) is 0 Å². The summed E-state index contributed by atoms with van der Waals surface area (Å²) in [5.74, 6) is 0.431. The number of aromatic nitrogens is 1. The quantitative estimate of drug-likeness (QED) is 0.255. The molecular formula is C38H28N4O2. The first-order valence-electron chi connectivity index (χ1n) is 14.3. The van der Waals surface area contributed by atoms with Crippen LogP contribution in [0, 0.1) is 0 Å². The number of carbonyl (C=O) groups is 1. The first kappa shape index (κ1) is 26.9. The minimum Gasteiger partial charge on any atom is -0.481 e. The lowest BCUT2D eigenvalue weighted by Crippen LogP contribution is -2.16. The van der Waals surface area contributed by atoms with E-state index in [9.17, 15) is 4.79 Å². The number of hydrogen-bond donors (Lipinski definition) is 2. The summed E-state index contributed by atoms with van der Waals surface area (Å²) in [6.45, 7) is 0. The SMILES string of the molecule is COC1=N/C(=C(/c2ccccc2)c2ccc(/C(=C3\C=CC(C(=C4/C=CC(=O)N4)/c4ccccc4)=N3)c3ccccc3)[nH]2)C=C1. The number of carbonyl (C=O) groups excluding carboxylic acids is 1. The highest BCUT2D eigenvalue weighted by Gasteiger charge is 2.23. The molecule has 0 saturated carbocycles. The first-order chi connectivity index (χ1) is 21.7. The van der Waals surface area contributed by atoms with Gasteiger partial charge < -0.3 is 15.0 Å². The Balaban J connectivity index is 1.38. The third-order valence-corrected chi connectivity index (χ3v) is 7.57. The summed E-state index contributed by atoms with van der Waals surface area (Å²) in [7, 11) is 1.62. The maximum Gasteiger partial charge on any atom is 0.248 e. The van der Waals surface area contributed by atoms with Gasteiger partial charge in [0, 0.05) is 40.3 Å². The van der Waals surface area contributed by atoms with E-state index in [1.54, 1.807) is 13.2 Å². The normalized spacial score (nSPS) is 18.7. The van der Waals surface area contributed by atoms with Crippen LogP contribution >= 0.6 is 0 Å². The standard InChI is InChI=1S/C38H28N4O2/c1-44-35-24-22-33(42-35)38(27-15-9-4-10-16-27)31-20-18-29(40-31)36(25-11-5-2-6-12-25)28-17-19-30(39-28)37(26-13-7-3-8-14-26)32-21-23-34(43)41-32/h2-24,40H,1H3,(H,41,43)/b36-28+,37-32-,38-33-. The van der Waals surface area contributed by atoms with Gasteiger partial charge in [-0.3, -0.25) is 4.79 Å². The fraction of sp³-hybridized carbons (Fsp3) is 0.0263. The van der Waals surface area contributed by atoms with Gasteiger partial charge in [0.15, 0.2) is 0 Å². The maximum absolute atomic E-state index is 12.1. The molecule has 1 amide bonds. The number of methoxy groups -OCH3 is 1. The number of nitrogens with one attached hydrogen (secondary N) is 2. The molecule has 3 aromatic carbocycles. The molecule has 0 saturated heterocycles. The van der Waals surface area contributed by atoms with Gasteiger partial charge in [0.25, 0.3) is 0 Å². The number of allylic oxidation sites excluding steroid dienone is 5. The predicted octanol–water partition coefficient (Wildman–Crippen LogP) is 7.26. The van der Waals surface area contributed by atoms with E-state index in [-0.39, 0.29) is 5.91 Å². The highest BCUT2D eigenvalue weighted by molar-refractivity contribution is 6.32. The average molecular weight is 573 g/mol. The van der Waals surface area contributed by atoms with Crippen molar-refractivity contribution in [2.45, 2.75) is 0 Å². The van der Waals surface area contributed by atoms with E-state index >= 15 is 0 Å². The molecule has 6 heteroatoms. The zero-order valence-corrected chi connectivity index (χ0v) is 24.0. The Hall–Kier alpha value is -6.01. The van der Waals surface area contributed by atoms with Gasteiger partial charge in [-0.05, 0) is 53.1 Å². The van der Waals surface area contributed by atoms with E-state index in [4.69, 9.17) is 14.7 Å². The maximum atomic E-state index is 12.1. The Bertz CT molecular complexity index is 2000. The van der Waals surface area contributed by atoms with E-state index < -0.39 is 0 Å². The van der Waals surface area contributed by atoms with Gasteiger partial charge in [-0.25, -0.2) is 9.98 Å². The molecule has 0 radical (unpaired) electrons. The Morgan fingerprint density at radius 1 is 0.568 bits per heavy atom. The molecule has 3 aliphatic rings. The topological polar surface area (TPSA) is 78.8 Å². The Morgan fingerprint density at radius 2 is 1.09 bits per heavy atom. The van der Waals surface area contributed by atoms with Gasteiger partial charge in [-0.2, -0.15) is 0 Å². The van der Waals surface area contributed by atoms with Gasteiger partial charge in [-0.1, -0.05) is 91.0 Å². The van der Waals surface area contributed by atoms with Crippen molar-refractivity contribution in [2.24, 2.45) is 9.98 Å². The first-order valence-corrected chi connectivity index (χ1v) is 14.3. The third kappa shape index (κ3) is 5.21. The summed E-state index contributed by atoms with van der Waals surface area (Å²) < 4.78 is 5.39. The van der Waals surface area contributed by atoms with Gasteiger partial charge in [0.1, 0.15) is 0 Å². The summed E-state index contributed by atoms with van der Waals surface area (Å²) in [6, 6.07) is 34.6. The van der Waals surface area contributed by atoms with Crippen molar-refractivity contribution in [2.75, 3.05) is 7.11 Å². The molecule has 0 bridgehead atoms. The number of aromatic amines is 1. The Kier molecular flexibility index (Phi) is 7.14. The van der Waals surface area contributed by atoms with Gasteiger partial charge >= 0.3 is 0 Å². The van der Waals surface area contributed by atoms with Crippen molar-refractivity contribution in [1.82, 2.24) is 10.3 Å². The summed E-state index contributed by atoms with van der Waals surface area (Å²) in [5.41, 5.74) is 10.9. The largest absolute Gasteiger partial charge is 0.481 e. The highest BCUT2D eigenvalue weighted by Crippen LogP contribution is 2.36. The summed E-state index contributed by atoms with van der Waals surface area (Å²) in [5, 5.41) is 2.96. The molecule has 1 aromatic heterocycles. The molecule has 6 nitrogen and oxygen atoms in total. The molecule has 0 unspecified atom stereocenters. The summed E-state index contributed by atoms with van der Waals surface area (Å²) >= 11 is 0. The molecule has 0 atom stereocenters. The molecule has 3 aliphatic heterocycles. The van der Waals surface area contributed by atoms with Crippen molar-refractivity contribution in [3.05, 3.63) is 185 Å². The van der Waals surface area contributed by atoms with Crippen LogP contribution in [0.2, 0.25) is 0 Å². The minimum atomic E-state index is -0.141. The van der Waals surface area contributed by atoms with Gasteiger partial charge in [0.2, 0.25) is 11.8 Å². The highest BCUT2D eigenvalue weighted by atomic mass is 16.5. The van der Waals surface area contributed by atoms with Crippen molar-refractivity contribution in [3.63, 3.8) is 0 Å². The molecule has 0 fully saturated rings. The third-order valence-electron chi connectivity index (χ3n) is 7.57. The fourth-order valence-corrected chi connectivity index (χ4v) is 5.58. The number of H-pyrrole nitrogens is 1. The smallest absolute Gasteiger partial charge is 0.248 e. The van der Waals surface area contributed by atoms with Crippen LogP contribution in [0.1, 0.15) is 28.1 Å². The molecule has 4 heterocycles. The number of aliphatic imine (C=N–C) groups is 2. The fourth-order valence-electron chi connectivity index (χ4n) is 5.58. The zero-order chi connectivity index (χ0) is 29.9. The second kappa shape index (κ2) is 11.7. The molecule has 4 aromatic rings. The monoisotopic (exact) mass is 572 g/mol. The lowest BCUT2D eigenvalue weighted by Gasteiger charge is -2.12. The molecular weight excluding hydrogens is 544 g/mol. The van der Waals surface area contributed by atoms with E-state index in [0.29, 0.717) is 5.90 Å². The average Bonchev–Trinajstić information content (AvgIpc) is 3.90. The number of amides is 1. The van der Waals surface area contributed by atoms with E-state index in [0.717, 1.165) is 67.6 Å². The molecule has 0 aliphatic carbocycles. The minimum absolute atomic E-state index is 0.141. The van der Waals surface area contributed by atoms with E-state index in [2.05, 4.69) is 46.7 Å². The number of benzene rings is 3. The van der Waals surface area contributed by atoms with Crippen LogP contribution in [0.15, 0.2) is 167 Å². The number of nitrogens with zero attached hydrogens (tertiary/aromatic N) is 2. The lowest BCUT2D eigenvalue weighted by molar-refractivity contribution is -0.115. The van der Waals surface area contributed by atoms with Crippen molar-refractivity contribution >= 4 is 34.2 Å². The lowest BCUT2D eigenvalue weighted by atomic mass is 9.99. The molecule has 7 rings (SSSR count). The second-order valence-corrected chi connectivity index (χ2v) is 10.3. The zero-order valence-electron chi connectivity index (χ0n) is 24.0. The van der Waals surface area contributed by atoms with E-state index in [1.165, 1.54) is 0 Å². The van der Waals surface area contributed by atoms with Crippen LogP contribution in [-0.4, -0.2) is 29.6 Å². The second-order valence-electron chi connectivity index (χ2n) is 10.3. The van der Waals surface area contributed by atoms with Gasteiger partial charge in [-0.15, -0.1) is 0 Å². The predicted molar refractivity (Wildman–Crippen MR) is 177 cm³/mol. The van der Waals surface area contributed by atoms with Crippen molar-refractivity contribution in [3.8, 4) is 0 Å². The van der Waals surface area contributed by atoms with Gasteiger partial charge in [0.05, 0.1) is 29.9 Å². The van der Waals surface area contributed by atoms with E-state index in [1.807, 2.05) is 97.1 Å². The summed E-state index contributed by atoms with van der Waals surface area (Å²) in [4.78, 5) is 25.7. The Labute approximate surface area is 255 Å². The van der Waals surface area contributed by atoms with Crippen LogP contribution < -0.4 is 5.32 Å². The number of ether oxygens (including phenoxy) is 1. The molecule has 44 heavy (non-hydrogen) atoms. The van der Waals surface area contributed by atoms with Crippen LogP contribution in [0.3, 0.4) is 0 Å². The van der Waals surface area contributed by atoms with Crippen molar-refractivity contribution < 1.29 is 9.53 Å². The summed E-state index contributed by atoms with van der Waals surface area (Å²) in [6.07, 6.45) is 11.3. The van der Waals surface area contributed by atoms with Crippen LogP contribution in [0.25, 0.3) is 16.7 Å². The van der Waals surface area contributed by atoms with Crippen molar-refractivity contribution in [1.29, 1.82) is 0 Å². The van der Waals surface area contributed by atoms with Crippen LogP contribution in [0.4, 0.5) is 0 Å². The molecule has 0 spiro atoms.